The van der Waals surface area contributed by atoms with Crippen LogP contribution < -0.4 is 10.2 Å². The van der Waals surface area contributed by atoms with Crippen molar-refractivity contribution in [3.63, 3.8) is 0 Å². The first-order valence-corrected chi connectivity index (χ1v) is 7.26. The molecular weight excluding hydrogens is 250 g/mol. The number of para-hydroxylation sites is 1. The molecule has 20 heavy (non-hydrogen) atoms. The van der Waals surface area contributed by atoms with Gasteiger partial charge in [-0.25, -0.2) is 4.98 Å². The molecule has 4 heteroatoms. The summed E-state index contributed by atoms with van der Waals surface area (Å²) in [5.41, 5.74) is 1.33. The Balaban J connectivity index is 1.47. The number of anilines is 1. The maximum atomic E-state index is 5.48. The fraction of sp³-hybridized carbons (Fsp3) is 0.438. The van der Waals surface area contributed by atoms with Crippen LogP contribution >= 0.6 is 0 Å². The van der Waals surface area contributed by atoms with Crippen LogP contribution in [0.15, 0.2) is 40.9 Å². The standard InChI is InChI=1S/C16H21N3O/c1-13-11-18-16(20-13)12-17-14-7-9-19(10-8-14)15-5-3-2-4-6-15/h2-6,11,14,17H,7-10,12H2,1H3. The van der Waals surface area contributed by atoms with E-state index in [9.17, 15) is 0 Å². The van der Waals surface area contributed by atoms with Gasteiger partial charge < -0.3 is 14.6 Å². The van der Waals surface area contributed by atoms with Crippen molar-refractivity contribution in [3.8, 4) is 0 Å². The molecule has 1 aliphatic heterocycles. The lowest BCUT2D eigenvalue weighted by atomic mass is 10.0. The highest BCUT2D eigenvalue weighted by Gasteiger charge is 2.19. The van der Waals surface area contributed by atoms with Gasteiger partial charge in [-0.3, -0.25) is 0 Å². The summed E-state index contributed by atoms with van der Waals surface area (Å²) in [7, 11) is 0. The monoisotopic (exact) mass is 271 g/mol. The van der Waals surface area contributed by atoms with E-state index in [4.69, 9.17) is 4.42 Å². The van der Waals surface area contributed by atoms with E-state index in [1.54, 1.807) is 6.20 Å². The summed E-state index contributed by atoms with van der Waals surface area (Å²) < 4.78 is 5.48. The van der Waals surface area contributed by atoms with Crippen LogP contribution in [0.2, 0.25) is 0 Å². The molecule has 1 aromatic heterocycles. The highest BCUT2D eigenvalue weighted by Crippen LogP contribution is 2.19. The molecule has 0 saturated carbocycles. The Hall–Kier alpha value is -1.81. The molecule has 1 aliphatic rings. The second-order valence-corrected chi connectivity index (χ2v) is 5.34. The first-order valence-electron chi connectivity index (χ1n) is 7.26. The number of hydrogen-bond donors (Lipinski definition) is 1. The predicted molar refractivity (Wildman–Crippen MR) is 79.8 cm³/mol. The molecule has 106 valence electrons. The SMILES string of the molecule is Cc1cnc(CNC2CCN(c3ccccc3)CC2)o1. The second-order valence-electron chi connectivity index (χ2n) is 5.34. The van der Waals surface area contributed by atoms with Crippen LogP contribution in [0.25, 0.3) is 0 Å². The van der Waals surface area contributed by atoms with Gasteiger partial charge in [-0.05, 0) is 31.9 Å². The Morgan fingerprint density at radius 3 is 2.65 bits per heavy atom. The molecule has 1 N–H and O–H groups in total. The van der Waals surface area contributed by atoms with Crippen LogP contribution in [-0.2, 0) is 6.54 Å². The van der Waals surface area contributed by atoms with Gasteiger partial charge >= 0.3 is 0 Å². The molecule has 1 saturated heterocycles. The Morgan fingerprint density at radius 1 is 1.25 bits per heavy atom. The van der Waals surface area contributed by atoms with Crippen molar-refractivity contribution in [2.75, 3.05) is 18.0 Å². The molecule has 0 aliphatic carbocycles. The van der Waals surface area contributed by atoms with E-state index in [1.807, 2.05) is 6.92 Å². The number of aromatic nitrogens is 1. The van der Waals surface area contributed by atoms with E-state index in [0.29, 0.717) is 6.04 Å². The quantitative estimate of drug-likeness (QED) is 0.928. The number of nitrogens with zero attached hydrogens (tertiary/aromatic N) is 2. The normalized spacial score (nSPS) is 16.6. The largest absolute Gasteiger partial charge is 0.445 e. The van der Waals surface area contributed by atoms with E-state index in [2.05, 4.69) is 45.5 Å². The van der Waals surface area contributed by atoms with E-state index >= 15 is 0 Å². The summed E-state index contributed by atoms with van der Waals surface area (Å²) in [6.07, 6.45) is 4.10. The van der Waals surface area contributed by atoms with Crippen LogP contribution in [-0.4, -0.2) is 24.1 Å². The summed E-state index contributed by atoms with van der Waals surface area (Å²) in [6, 6.07) is 11.2. The minimum Gasteiger partial charge on any atom is -0.445 e. The number of rotatable bonds is 4. The van der Waals surface area contributed by atoms with Crippen molar-refractivity contribution < 1.29 is 4.42 Å². The summed E-state index contributed by atoms with van der Waals surface area (Å²) in [5, 5.41) is 3.54. The summed E-state index contributed by atoms with van der Waals surface area (Å²) >= 11 is 0. The second kappa shape index (κ2) is 6.09. The van der Waals surface area contributed by atoms with Crippen molar-refractivity contribution >= 4 is 5.69 Å². The van der Waals surface area contributed by atoms with Crippen LogP contribution in [0.4, 0.5) is 5.69 Å². The molecule has 0 amide bonds. The maximum absolute atomic E-state index is 5.48. The van der Waals surface area contributed by atoms with Gasteiger partial charge in [-0.15, -0.1) is 0 Å². The topological polar surface area (TPSA) is 41.3 Å². The van der Waals surface area contributed by atoms with Gasteiger partial charge in [-0.2, -0.15) is 0 Å². The third-order valence-corrected chi connectivity index (χ3v) is 3.83. The number of oxazole rings is 1. The Bertz CT molecular complexity index is 530. The highest BCUT2D eigenvalue weighted by atomic mass is 16.4. The lowest BCUT2D eigenvalue weighted by Crippen LogP contribution is -2.42. The highest BCUT2D eigenvalue weighted by molar-refractivity contribution is 5.46. The van der Waals surface area contributed by atoms with Crippen molar-refractivity contribution in [1.29, 1.82) is 0 Å². The number of benzene rings is 1. The lowest BCUT2D eigenvalue weighted by molar-refractivity contribution is 0.378. The molecule has 2 aromatic rings. The third-order valence-electron chi connectivity index (χ3n) is 3.83. The van der Waals surface area contributed by atoms with Crippen molar-refractivity contribution in [3.05, 3.63) is 48.2 Å². The van der Waals surface area contributed by atoms with Gasteiger partial charge in [0.05, 0.1) is 12.7 Å². The predicted octanol–water partition coefficient (Wildman–Crippen LogP) is 2.74. The summed E-state index contributed by atoms with van der Waals surface area (Å²) in [5.74, 6) is 1.66. The molecule has 1 fully saturated rings. The lowest BCUT2D eigenvalue weighted by Gasteiger charge is -2.33. The fourth-order valence-electron chi connectivity index (χ4n) is 2.70. The minimum atomic E-state index is 0.558. The third kappa shape index (κ3) is 3.20. The number of hydrogen-bond acceptors (Lipinski definition) is 4. The summed E-state index contributed by atoms with van der Waals surface area (Å²) in [6.45, 7) is 4.86. The molecular formula is C16H21N3O. The Morgan fingerprint density at radius 2 is 2.00 bits per heavy atom. The molecule has 0 bridgehead atoms. The average Bonchev–Trinajstić information content (AvgIpc) is 2.92. The van der Waals surface area contributed by atoms with Gasteiger partial charge in [0.25, 0.3) is 0 Å². The van der Waals surface area contributed by atoms with Crippen LogP contribution in [0.1, 0.15) is 24.5 Å². The first kappa shape index (κ1) is 13.2. The average molecular weight is 271 g/mol. The molecule has 0 unspecified atom stereocenters. The van der Waals surface area contributed by atoms with E-state index in [1.165, 1.54) is 5.69 Å². The van der Waals surface area contributed by atoms with Crippen LogP contribution in [0.3, 0.4) is 0 Å². The maximum Gasteiger partial charge on any atom is 0.208 e. The van der Waals surface area contributed by atoms with E-state index in [-0.39, 0.29) is 0 Å². The number of piperidine rings is 1. The molecule has 1 aromatic carbocycles. The van der Waals surface area contributed by atoms with Gasteiger partial charge in [0.15, 0.2) is 0 Å². The molecule has 0 spiro atoms. The molecule has 3 rings (SSSR count). The van der Waals surface area contributed by atoms with Gasteiger partial charge in [0.2, 0.25) is 5.89 Å². The molecule has 4 nitrogen and oxygen atoms in total. The zero-order valence-electron chi connectivity index (χ0n) is 11.9. The minimum absolute atomic E-state index is 0.558. The number of nitrogens with one attached hydrogen (secondary N) is 1. The van der Waals surface area contributed by atoms with Crippen LogP contribution in [0.5, 0.6) is 0 Å². The van der Waals surface area contributed by atoms with Crippen molar-refractivity contribution in [2.24, 2.45) is 0 Å². The van der Waals surface area contributed by atoms with Crippen molar-refractivity contribution in [2.45, 2.75) is 32.4 Å². The molecule has 0 radical (unpaired) electrons. The first-order chi connectivity index (χ1) is 9.81. The smallest absolute Gasteiger partial charge is 0.208 e. The molecule has 2 heterocycles. The van der Waals surface area contributed by atoms with Gasteiger partial charge in [0.1, 0.15) is 5.76 Å². The van der Waals surface area contributed by atoms with Gasteiger partial charge in [-0.1, -0.05) is 18.2 Å². The molecule has 0 atom stereocenters. The Kier molecular flexibility index (Phi) is 4.02. The zero-order valence-corrected chi connectivity index (χ0v) is 11.9. The zero-order chi connectivity index (χ0) is 13.8. The Labute approximate surface area is 119 Å². The van der Waals surface area contributed by atoms with E-state index < -0.39 is 0 Å². The van der Waals surface area contributed by atoms with Crippen LogP contribution in [0, 0.1) is 6.92 Å². The van der Waals surface area contributed by atoms with Gasteiger partial charge in [0, 0.05) is 24.8 Å². The summed E-state index contributed by atoms with van der Waals surface area (Å²) in [4.78, 5) is 6.67. The fourth-order valence-corrected chi connectivity index (χ4v) is 2.70. The van der Waals surface area contributed by atoms with E-state index in [0.717, 1.165) is 44.1 Å². The number of aryl methyl sites for hydroxylation is 1. The van der Waals surface area contributed by atoms with Crippen molar-refractivity contribution in [1.82, 2.24) is 10.3 Å².